The lowest BCUT2D eigenvalue weighted by Gasteiger charge is -2.28. The monoisotopic (exact) mass is 321 g/mol. The van der Waals surface area contributed by atoms with E-state index < -0.39 is 0 Å². The highest BCUT2D eigenvalue weighted by Crippen LogP contribution is 2.45. The zero-order valence-electron chi connectivity index (χ0n) is 14.0. The Hall–Kier alpha value is -2.06. The second-order valence-corrected chi connectivity index (χ2v) is 7.18. The van der Waals surface area contributed by atoms with E-state index in [1.165, 1.54) is 31.4 Å². The molecule has 1 heterocycles. The quantitative estimate of drug-likeness (QED) is 0.528. The second-order valence-electron chi connectivity index (χ2n) is 6.12. The van der Waals surface area contributed by atoms with Crippen molar-refractivity contribution in [3.8, 4) is 0 Å². The van der Waals surface area contributed by atoms with Gasteiger partial charge in [-0.3, -0.25) is 0 Å². The van der Waals surface area contributed by atoms with Crippen molar-refractivity contribution >= 4 is 37.2 Å². The van der Waals surface area contributed by atoms with E-state index in [1.807, 2.05) is 24.5 Å². The maximum absolute atomic E-state index is 3.98. The molecule has 0 aliphatic heterocycles. The van der Waals surface area contributed by atoms with Crippen molar-refractivity contribution in [2.24, 2.45) is 0 Å². The Balaban J connectivity index is 2.43. The minimum absolute atomic E-state index is 0.0603. The van der Waals surface area contributed by atoms with E-state index in [0.29, 0.717) is 0 Å². The molecule has 0 bridgehead atoms. The van der Waals surface area contributed by atoms with Crippen molar-refractivity contribution in [1.29, 1.82) is 0 Å². The number of allylic oxidation sites excluding steroid dienone is 3. The SMILES string of the molecule is C=CCC(C)(/C=C\C)c1c(NC)ccc2c1sc1ccccc12. The molecule has 1 unspecified atom stereocenters. The summed E-state index contributed by atoms with van der Waals surface area (Å²) in [6.07, 6.45) is 7.38. The van der Waals surface area contributed by atoms with Gasteiger partial charge in [0.25, 0.3) is 0 Å². The lowest BCUT2D eigenvalue weighted by Crippen LogP contribution is -2.20. The minimum atomic E-state index is -0.0603. The van der Waals surface area contributed by atoms with Crippen molar-refractivity contribution < 1.29 is 0 Å². The maximum Gasteiger partial charge on any atom is 0.0416 e. The number of hydrogen-bond acceptors (Lipinski definition) is 2. The summed E-state index contributed by atoms with van der Waals surface area (Å²) >= 11 is 1.89. The zero-order valence-corrected chi connectivity index (χ0v) is 14.8. The molecule has 3 aromatic rings. The smallest absolute Gasteiger partial charge is 0.0416 e. The summed E-state index contributed by atoms with van der Waals surface area (Å²) < 4.78 is 2.72. The third-order valence-electron chi connectivity index (χ3n) is 4.49. The molecule has 118 valence electrons. The van der Waals surface area contributed by atoms with Gasteiger partial charge in [-0.1, -0.05) is 49.4 Å². The molecule has 0 aliphatic carbocycles. The summed E-state index contributed by atoms with van der Waals surface area (Å²) in [6, 6.07) is 13.1. The van der Waals surface area contributed by atoms with E-state index in [2.05, 4.69) is 74.3 Å². The molecule has 1 N–H and O–H groups in total. The summed E-state index contributed by atoms with van der Waals surface area (Å²) in [5, 5.41) is 6.08. The van der Waals surface area contributed by atoms with Crippen LogP contribution in [0.4, 0.5) is 5.69 Å². The second kappa shape index (κ2) is 6.21. The first-order chi connectivity index (χ1) is 11.1. The largest absolute Gasteiger partial charge is 0.388 e. The van der Waals surface area contributed by atoms with Crippen LogP contribution in [-0.4, -0.2) is 7.05 Å². The lowest BCUT2D eigenvalue weighted by molar-refractivity contribution is 0.613. The van der Waals surface area contributed by atoms with E-state index >= 15 is 0 Å². The molecule has 0 saturated heterocycles. The fraction of sp³-hybridized carbons (Fsp3) is 0.238. The van der Waals surface area contributed by atoms with Gasteiger partial charge < -0.3 is 5.32 Å². The summed E-state index contributed by atoms with van der Waals surface area (Å²) in [6.45, 7) is 8.37. The molecule has 3 rings (SSSR count). The molecule has 0 amide bonds. The van der Waals surface area contributed by atoms with Gasteiger partial charge in [0.15, 0.2) is 0 Å². The van der Waals surface area contributed by atoms with Crippen LogP contribution in [0.15, 0.2) is 61.2 Å². The molecule has 2 heteroatoms. The van der Waals surface area contributed by atoms with Crippen molar-refractivity contribution in [1.82, 2.24) is 0 Å². The van der Waals surface area contributed by atoms with E-state index in [4.69, 9.17) is 0 Å². The molecular weight excluding hydrogens is 298 g/mol. The summed E-state index contributed by atoms with van der Waals surface area (Å²) in [4.78, 5) is 0. The van der Waals surface area contributed by atoms with Crippen molar-refractivity contribution in [3.63, 3.8) is 0 Å². The Labute approximate surface area is 142 Å². The predicted molar refractivity (Wildman–Crippen MR) is 106 cm³/mol. The van der Waals surface area contributed by atoms with Gasteiger partial charge in [-0.05, 0) is 25.5 Å². The summed E-state index contributed by atoms with van der Waals surface area (Å²) in [5.41, 5.74) is 2.51. The van der Waals surface area contributed by atoms with Crippen molar-refractivity contribution in [3.05, 3.63) is 66.8 Å². The minimum Gasteiger partial charge on any atom is -0.388 e. The fourth-order valence-corrected chi connectivity index (χ4v) is 4.87. The van der Waals surface area contributed by atoms with Crippen LogP contribution >= 0.6 is 11.3 Å². The third-order valence-corrected chi connectivity index (χ3v) is 5.69. The molecule has 1 atom stereocenters. The third kappa shape index (κ3) is 2.57. The maximum atomic E-state index is 3.98. The lowest BCUT2D eigenvalue weighted by atomic mass is 9.77. The molecule has 0 saturated carbocycles. The molecule has 0 spiro atoms. The van der Waals surface area contributed by atoms with Crippen LogP contribution < -0.4 is 5.32 Å². The average Bonchev–Trinajstić information content (AvgIpc) is 2.92. The normalized spacial score (nSPS) is 14.4. The molecule has 23 heavy (non-hydrogen) atoms. The molecule has 1 aromatic heterocycles. The van der Waals surface area contributed by atoms with Gasteiger partial charge >= 0.3 is 0 Å². The van der Waals surface area contributed by atoms with Crippen LogP contribution in [0.2, 0.25) is 0 Å². The van der Waals surface area contributed by atoms with Crippen LogP contribution in [0.3, 0.4) is 0 Å². The number of thiophene rings is 1. The Kier molecular flexibility index (Phi) is 4.27. The van der Waals surface area contributed by atoms with Gasteiger partial charge in [0.2, 0.25) is 0 Å². The van der Waals surface area contributed by atoms with E-state index in [1.54, 1.807) is 0 Å². The van der Waals surface area contributed by atoms with Crippen molar-refractivity contribution in [2.75, 3.05) is 12.4 Å². The molecule has 0 radical (unpaired) electrons. The molecular formula is C21H23NS. The standard InChI is InChI=1S/C21H23NS/c1-5-13-21(3,14-6-2)19-17(22-4)12-11-16-15-9-7-8-10-18(15)23-20(16)19/h5-12,14,22H,1,13H2,2-4H3/b14-6-. The van der Waals surface area contributed by atoms with Gasteiger partial charge in [-0.25, -0.2) is 0 Å². The number of fused-ring (bicyclic) bond motifs is 3. The number of hydrogen-bond donors (Lipinski definition) is 1. The molecule has 0 fully saturated rings. The van der Waals surface area contributed by atoms with E-state index in [9.17, 15) is 0 Å². The van der Waals surface area contributed by atoms with Crippen LogP contribution in [-0.2, 0) is 5.41 Å². The van der Waals surface area contributed by atoms with Gasteiger partial charge in [-0.15, -0.1) is 17.9 Å². The van der Waals surface area contributed by atoms with Gasteiger partial charge in [-0.2, -0.15) is 0 Å². The first kappa shape index (κ1) is 15.8. The summed E-state index contributed by atoms with van der Waals surface area (Å²) in [5.74, 6) is 0. The van der Waals surface area contributed by atoms with Gasteiger partial charge in [0.05, 0.1) is 0 Å². The molecule has 1 nitrogen and oxygen atoms in total. The first-order valence-electron chi connectivity index (χ1n) is 8.02. The topological polar surface area (TPSA) is 12.0 Å². The molecule has 2 aromatic carbocycles. The average molecular weight is 321 g/mol. The van der Waals surface area contributed by atoms with Gasteiger partial charge in [0, 0.05) is 43.9 Å². The highest BCUT2D eigenvalue weighted by molar-refractivity contribution is 7.26. The van der Waals surface area contributed by atoms with Crippen LogP contribution in [0, 0.1) is 0 Å². The van der Waals surface area contributed by atoms with Crippen LogP contribution in [0.25, 0.3) is 20.2 Å². The summed E-state index contributed by atoms with van der Waals surface area (Å²) in [7, 11) is 2.00. The van der Waals surface area contributed by atoms with E-state index in [0.717, 1.165) is 6.42 Å². The predicted octanol–water partition coefficient (Wildman–Crippen LogP) is 6.51. The van der Waals surface area contributed by atoms with Crippen LogP contribution in [0.5, 0.6) is 0 Å². The number of rotatable bonds is 5. The highest BCUT2D eigenvalue weighted by Gasteiger charge is 2.28. The number of nitrogens with one attached hydrogen (secondary N) is 1. The van der Waals surface area contributed by atoms with E-state index in [-0.39, 0.29) is 5.41 Å². The van der Waals surface area contributed by atoms with Crippen molar-refractivity contribution in [2.45, 2.75) is 25.7 Å². The Bertz CT molecular complexity index is 887. The van der Waals surface area contributed by atoms with Crippen LogP contribution in [0.1, 0.15) is 25.8 Å². The molecule has 0 aliphatic rings. The Morgan fingerprint density at radius 3 is 2.65 bits per heavy atom. The first-order valence-corrected chi connectivity index (χ1v) is 8.83. The number of anilines is 1. The zero-order chi connectivity index (χ0) is 16.4. The highest BCUT2D eigenvalue weighted by atomic mass is 32.1. The fourth-order valence-electron chi connectivity index (χ4n) is 3.49. The Morgan fingerprint density at radius 2 is 1.96 bits per heavy atom. The van der Waals surface area contributed by atoms with Gasteiger partial charge in [0.1, 0.15) is 0 Å². The Morgan fingerprint density at radius 1 is 1.17 bits per heavy atom. The number of benzene rings is 2.